The second-order valence-electron chi connectivity index (χ2n) is 5.09. The van der Waals surface area contributed by atoms with E-state index in [1.165, 1.54) is 6.20 Å². The molecule has 0 bridgehead atoms. The van der Waals surface area contributed by atoms with Crippen LogP contribution in [0.5, 0.6) is 0 Å². The van der Waals surface area contributed by atoms with E-state index in [-0.39, 0.29) is 0 Å². The SMILES string of the molecule is CC1=CN(C(N)=O)C(=O)/C1=C\c1ccc(-c2ccc(Br)cc2)o1. The van der Waals surface area contributed by atoms with Gasteiger partial charge in [0.15, 0.2) is 0 Å². The molecule has 0 saturated carbocycles. The first-order valence-corrected chi connectivity index (χ1v) is 7.64. The summed E-state index contributed by atoms with van der Waals surface area (Å²) in [5, 5.41) is 0. The zero-order valence-corrected chi connectivity index (χ0v) is 13.8. The molecule has 3 rings (SSSR count). The van der Waals surface area contributed by atoms with Crippen molar-refractivity contribution in [3.63, 3.8) is 0 Å². The van der Waals surface area contributed by atoms with E-state index in [9.17, 15) is 9.59 Å². The fraction of sp³-hybridized carbons (Fsp3) is 0.0588. The van der Waals surface area contributed by atoms with Crippen molar-refractivity contribution < 1.29 is 14.0 Å². The third-order valence-corrected chi connectivity index (χ3v) is 4.01. The number of rotatable bonds is 2. The van der Waals surface area contributed by atoms with Gasteiger partial charge in [0.1, 0.15) is 11.5 Å². The molecule has 1 aromatic carbocycles. The molecule has 5 nitrogen and oxygen atoms in total. The van der Waals surface area contributed by atoms with Gasteiger partial charge < -0.3 is 10.2 Å². The number of carbonyl (C=O) groups excluding carboxylic acids is 2. The Morgan fingerprint density at radius 2 is 1.91 bits per heavy atom. The van der Waals surface area contributed by atoms with Gasteiger partial charge in [-0.3, -0.25) is 4.79 Å². The van der Waals surface area contributed by atoms with E-state index in [0.717, 1.165) is 14.9 Å². The third-order valence-electron chi connectivity index (χ3n) is 3.48. The second-order valence-corrected chi connectivity index (χ2v) is 6.01. The molecule has 0 radical (unpaired) electrons. The smallest absolute Gasteiger partial charge is 0.325 e. The van der Waals surface area contributed by atoms with Crippen molar-refractivity contribution in [3.8, 4) is 11.3 Å². The van der Waals surface area contributed by atoms with E-state index >= 15 is 0 Å². The Morgan fingerprint density at radius 3 is 2.52 bits per heavy atom. The largest absolute Gasteiger partial charge is 0.457 e. The molecule has 0 spiro atoms. The molecule has 1 aliphatic heterocycles. The van der Waals surface area contributed by atoms with Crippen LogP contribution in [0.4, 0.5) is 4.79 Å². The number of urea groups is 1. The first kappa shape index (κ1) is 15.3. The molecule has 0 unspecified atom stereocenters. The summed E-state index contributed by atoms with van der Waals surface area (Å²) in [4.78, 5) is 24.2. The van der Waals surface area contributed by atoms with Crippen LogP contribution in [0.1, 0.15) is 12.7 Å². The number of carbonyl (C=O) groups is 2. The molecule has 1 aliphatic rings. The van der Waals surface area contributed by atoms with Gasteiger partial charge in [0.05, 0.1) is 0 Å². The van der Waals surface area contributed by atoms with Gasteiger partial charge in [-0.1, -0.05) is 28.1 Å². The van der Waals surface area contributed by atoms with Crippen molar-refractivity contribution in [1.29, 1.82) is 0 Å². The number of hydrogen-bond acceptors (Lipinski definition) is 3. The average Bonchev–Trinajstić information content (AvgIpc) is 3.08. The van der Waals surface area contributed by atoms with E-state index in [2.05, 4.69) is 15.9 Å². The summed E-state index contributed by atoms with van der Waals surface area (Å²) < 4.78 is 6.74. The van der Waals surface area contributed by atoms with Gasteiger partial charge in [0.25, 0.3) is 5.91 Å². The van der Waals surface area contributed by atoms with E-state index in [0.29, 0.717) is 22.7 Å². The normalized spacial score (nSPS) is 16.1. The average molecular weight is 373 g/mol. The molecule has 0 saturated heterocycles. The molecule has 1 aromatic heterocycles. The second kappa shape index (κ2) is 5.89. The van der Waals surface area contributed by atoms with E-state index in [1.54, 1.807) is 19.1 Å². The topological polar surface area (TPSA) is 76.5 Å². The first-order valence-electron chi connectivity index (χ1n) is 6.85. The Hall–Kier alpha value is -2.60. The van der Waals surface area contributed by atoms with E-state index in [4.69, 9.17) is 10.2 Å². The number of nitrogens with two attached hydrogens (primary N) is 1. The third kappa shape index (κ3) is 2.98. The van der Waals surface area contributed by atoms with Gasteiger partial charge in [-0.05, 0) is 42.8 Å². The minimum Gasteiger partial charge on any atom is -0.457 e. The molecule has 2 aromatic rings. The van der Waals surface area contributed by atoms with Gasteiger partial charge in [-0.25, -0.2) is 9.69 Å². The van der Waals surface area contributed by atoms with Gasteiger partial charge in [0.2, 0.25) is 0 Å². The Balaban J connectivity index is 1.90. The lowest BCUT2D eigenvalue weighted by atomic mass is 10.1. The maximum absolute atomic E-state index is 12.1. The van der Waals surface area contributed by atoms with Crippen molar-refractivity contribution in [1.82, 2.24) is 4.90 Å². The highest BCUT2D eigenvalue weighted by Crippen LogP contribution is 2.28. The van der Waals surface area contributed by atoms with Gasteiger partial charge in [-0.2, -0.15) is 0 Å². The molecule has 6 heteroatoms. The van der Waals surface area contributed by atoms with Crippen LogP contribution in [0.15, 0.2) is 62.6 Å². The molecule has 23 heavy (non-hydrogen) atoms. The summed E-state index contributed by atoms with van der Waals surface area (Å²) in [5.41, 5.74) is 7.15. The highest BCUT2D eigenvalue weighted by Gasteiger charge is 2.29. The van der Waals surface area contributed by atoms with Gasteiger partial charge in [-0.15, -0.1) is 0 Å². The number of benzene rings is 1. The summed E-state index contributed by atoms with van der Waals surface area (Å²) in [7, 11) is 0. The lowest BCUT2D eigenvalue weighted by Gasteiger charge is -2.06. The number of nitrogens with zero attached hydrogens (tertiary/aromatic N) is 1. The molecule has 2 heterocycles. The van der Waals surface area contributed by atoms with Crippen LogP contribution in [-0.2, 0) is 4.79 Å². The molecule has 0 aliphatic carbocycles. The van der Waals surface area contributed by atoms with Crippen LogP contribution >= 0.6 is 15.9 Å². The highest BCUT2D eigenvalue weighted by molar-refractivity contribution is 9.10. The quantitative estimate of drug-likeness (QED) is 0.811. The van der Waals surface area contributed by atoms with E-state index in [1.807, 2.05) is 30.3 Å². The fourth-order valence-electron chi connectivity index (χ4n) is 2.30. The zero-order chi connectivity index (χ0) is 16.6. The minimum absolute atomic E-state index is 0.389. The Labute approximate surface area is 141 Å². The lowest BCUT2D eigenvalue weighted by molar-refractivity contribution is -0.121. The monoisotopic (exact) mass is 372 g/mol. The van der Waals surface area contributed by atoms with Crippen molar-refractivity contribution in [2.24, 2.45) is 5.73 Å². The molecule has 2 N–H and O–H groups in total. The zero-order valence-electron chi connectivity index (χ0n) is 12.2. The lowest BCUT2D eigenvalue weighted by Crippen LogP contribution is -2.33. The molecular formula is C17H13BrN2O3. The predicted molar refractivity (Wildman–Crippen MR) is 90.0 cm³/mol. The molecule has 116 valence electrons. The Morgan fingerprint density at radius 1 is 1.22 bits per heavy atom. The van der Waals surface area contributed by atoms with Crippen LogP contribution in [-0.4, -0.2) is 16.8 Å². The van der Waals surface area contributed by atoms with Crippen LogP contribution < -0.4 is 5.73 Å². The minimum atomic E-state index is -0.798. The summed E-state index contributed by atoms with van der Waals surface area (Å²) in [6.07, 6.45) is 3.04. The van der Waals surface area contributed by atoms with Crippen molar-refractivity contribution >= 4 is 33.9 Å². The van der Waals surface area contributed by atoms with Crippen molar-refractivity contribution in [2.45, 2.75) is 6.92 Å². The van der Waals surface area contributed by atoms with Crippen molar-refractivity contribution in [3.05, 3.63) is 64.0 Å². The van der Waals surface area contributed by atoms with Gasteiger partial charge in [0, 0.05) is 21.8 Å². The van der Waals surface area contributed by atoms with Crippen LogP contribution in [0, 0.1) is 0 Å². The fourth-order valence-corrected chi connectivity index (χ4v) is 2.57. The molecule has 0 atom stereocenters. The van der Waals surface area contributed by atoms with Crippen LogP contribution in [0.2, 0.25) is 0 Å². The van der Waals surface area contributed by atoms with E-state index < -0.39 is 11.9 Å². The van der Waals surface area contributed by atoms with Crippen molar-refractivity contribution in [2.75, 3.05) is 0 Å². The Bertz CT molecular complexity index is 847. The maximum atomic E-state index is 12.1. The standard InChI is InChI=1S/C17H13BrN2O3/c1-10-9-20(17(19)22)16(21)14(10)8-13-6-7-15(23-13)11-2-4-12(18)5-3-11/h2-9H,1H3,(H2,19,22)/b14-8-. The number of halogens is 1. The number of hydrogen-bond donors (Lipinski definition) is 1. The Kier molecular flexibility index (Phi) is 3.92. The summed E-state index contributed by atoms with van der Waals surface area (Å²) in [6.45, 7) is 1.74. The highest BCUT2D eigenvalue weighted by atomic mass is 79.9. The van der Waals surface area contributed by atoms with Crippen LogP contribution in [0.3, 0.4) is 0 Å². The summed E-state index contributed by atoms with van der Waals surface area (Å²) in [6, 6.07) is 10.5. The van der Waals surface area contributed by atoms with Crippen LogP contribution in [0.25, 0.3) is 17.4 Å². The maximum Gasteiger partial charge on any atom is 0.325 e. The number of primary amides is 1. The summed E-state index contributed by atoms with van der Waals surface area (Å²) in [5.74, 6) is 0.783. The molecule has 3 amide bonds. The van der Waals surface area contributed by atoms with Gasteiger partial charge >= 0.3 is 6.03 Å². The summed E-state index contributed by atoms with van der Waals surface area (Å²) >= 11 is 3.39. The number of furan rings is 1. The predicted octanol–water partition coefficient (Wildman–Crippen LogP) is 3.92. The number of imide groups is 1. The first-order chi connectivity index (χ1) is 11.0. The molecular weight excluding hydrogens is 360 g/mol. The number of amides is 3. The molecule has 0 fully saturated rings.